The first-order valence-electron chi connectivity index (χ1n) is 6.86. The summed E-state index contributed by atoms with van der Waals surface area (Å²) in [5.41, 5.74) is 2.42. The summed E-state index contributed by atoms with van der Waals surface area (Å²) in [7, 11) is 0. The van der Waals surface area contributed by atoms with Gasteiger partial charge in [0.2, 0.25) is 0 Å². The fraction of sp³-hybridized carbons (Fsp3) is 0.692. The van der Waals surface area contributed by atoms with Crippen molar-refractivity contribution in [1.29, 1.82) is 0 Å². The van der Waals surface area contributed by atoms with E-state index < -0.39 is 6.10 Å². The van der Waals surface area contributed by atoms with Crippen LogP contribution in [0.3, 0.4) is 0 Å². The number of H-pyrrole nitrogens is 1. The van der Waals surface area contributed by atoms with Gasteiger partial charge in [-0.2, -0.15) is 5.10 Å². The smallest absolute Gasteiger partial charge is 0.272 e. The molecule has 0 aliphatic carbocycles. The highest BCUT2D eigenvalue weighted by Gasteiger charge is 2.22. The molecule has 6 heteroatoms. The van der Waals surface area contributed by atoms with Crippen LogP contribution in [0, 0.1) is 5.92 Å². The Morgan fingerprint density at radius 1 is 1.58 bits per heavy atom. The lowest BCUT2D eigenvalue weighted by Crippen LogP contribution is -2.36. The fourth-order valence-electron chi connectivity index (χ4n) is 2.17. The van der Waals surface area contributed by atoms with E-state index in [4.69, 9.17) is 0 Å². The number of nitrogens with one attached hydrogen (secondary N) is 3. The van der Waals surface area contributed by atoms with Gasteiger partial charge in [-0.05, 0) is 5.92 Å². The van der Waals surface area contributed by atoms with Crippen molar-refractivity contribution in [2.24, 2.45) is 5.92 Å². The number of amides is 1. The van der Waals surface area contributed by atoms with E-state index in [1.165, 1.54) is 0 Å². The molecule has 0 radical (unpaired) electrons. The normalized spacial score (nSPS) is 17.6. The number of fused-ring (bicyclic) bond motifs is 1. The molecule has 2 rings (SSSR count). The Labute approximate surface area is 113 Å². The maximum Gasteiger partial charge on any atom is 0.272 e. The molecular weight excluding hydrogens is 244 g/mol. The first-order valence-corrected chi connectivity index (χ1v) is 6.86. The van der Waals surface area contributed by atoms with Gasteiger partial charge >= 0.3 is 0 Å². The Morgan fingerprint density at radius 3 is 3.11 bits per heavy atom. The molecule has 1 aliphatic heterocycles. The minimum Gasteiger partial charge on any atom is -0.391 e. The van der Waals surface area contributed by atoms with Gasteiger partial charge in [0, 0.05) is 37.3 Å². The summed E-state index contributed by atoms with van der Waals surface area (Å²) in [6, 6.07) is 0. The van der Waals surface area contributed by atoms with Crippen molar-refractivity contribution in [3.63, 3.8) is 0 Å². The van der Waals surface area contributed by atoms with Crippen LogP contribution in [0.15, 0.2) is 0 Å². The van der Waals surface area contributed by atoms with E-state index in [-0.39, 0.29) is 18.4 Å². The third kappa shape index (κ3) is 3.13. The predicted octanol–water partition coefficient (Wildman–Crippen LogP) is 0.192. The first kappa shape index (κ1) is 14.0. The average molecular weight is 266 g/mol. The minimum atomic E-state index is -0.512. The lowest BCUT2D eigenvalue weighted by atomic mass is 10.0. The van der Waals surface area contributed by atoms with Gasteiger partial charge in [-0.3, -0.25) is 9.89 Å². The van der Waals surface area contributed by atoms with E-state index >= 15 is 0 Å². The van der Waals surface area contributed by atoms with Gasteiger partial charge < -0.3 is 15.7 Å². The molecule has 0 saturated carbocycles. The molecule has 2 atom stereocenters. The summed E-state index contributed by atoms with van der Waals surface area (Å²) < 4.78 is 0. The van der Waals surface area contributed by atoms with Crippen LogP contribution < -0.4 is 10.6 Å². The van der Waals surface area contributed by atoms with Crippen LogP contribution in [0.2, 0.25) is 0 Å². The molecular formula is C13H22N4O2. The van der Waals surface area contributed by atoms with Crippen molar-refractivity contribution in [2.75, 3.05) is 13.1 Å². The number of aromatic nitrogens is 2. The van der Waals surface area contributed by atoms with Gasteiger partial charge in [-0.1, -0.05) is 20.3 Å². The molecule has 0 aromatic carbocycles. The number of aliphatic hydroxyl groups is 1. The Hall–Kier alpha value is -1.40. The zero-order valence-electron chi connectivity index (χ0n) is 11.5. The van der Waals surface area contributed by atoms with E-state index in [9.17, 15) is 9.90 Å². The molecule has 2 unspecified atom stereocenters. The number of aliphatic hydroxyl groups excluding tert-OH is 1. The summed E-state index contributed by atoms with van der Waals surface area (Å²) in [4.78, 5) is 12.1. The van der Waals surface area contributed by atoms with Gasteiger partial charge in [-0.15, -0.1) is 0 Å². The maximum atomic E-state index is 12.1. The molecule has 0 saturated heterocycles. The summed E-state index contributed by atoms with van der Waals surface area (Å²) in [5.74, 6) is -0.0429. The van der Waals surface area contributed by atoms with E-state index in [0.717, 1.165) is 30.6 Å². The predicted molar refractivity (Wildman–Crippen MR) is 71.8 cm³/mol. The van der Waals surface area contributed by atoms with E-state index in [1.54, 1.807) is 0 Å². The molecule has 6 nitrogen and oxygen atoms in total. The highest BCUT2D eigenvalue weighted by Crippen LogP contribution is 2.15. The molecule has 2 heterocycles. The molecule has 0 spiro atoms. The van der Waals surface area contributed by atoms with E-state index in [2.05, 4.69) is 20.8 Å². The van der Waals surface area contributed by atoms with Crippen LogP contribution in [0.4, 0.5) is 0 Å². The number of hydrogen-bond donors (Lipinski definition) is 4. The van der Waals surface area contributed by atoms with Crippen LogP contribution in [0.5, 0.6) is 0 Å². The van der Waals surface area contributed by atoms with Gasteiger partial charge in [0.15, 0.2) is 5.69 Å². The van der Waals surface area contributed by atoms with Gasteiger partial charge in [0.25, 0.3) is 5.91 Å². The molecule has 19 heavy (non-hydrogen) atoms. The zero-order chi connectivity index (χ0) is 13.8. The molecule has 106 valence electrons. The molecule has 0 fully saturated rings. The van der Waals surface area contributed by atoms with Crippen LogP contribution in [0.1, 0.15) is 42.0 Å². The average Bonchev–Trinajstić information content (AvgIpc) is 2.87. The van der Waals surface area contributed by atoms with Crippen LogP contribution in [-0.4, -0.2) is 40.4 Å². The number of rotatable bonds is 5. The van der Waals surface area contributed by atoms with Crippen molar-refractivity contribution < 1.29 is 9.90 Å². The number of nitrogens with zero attached hydrogens (tertiary/aromatic N) is 1. The summed E-state index contributed by atoms with van der Waals surface area (Å²) >= 11 is 0. The Balaban J connectivity index is 1.95. The number of carbonyl (C=O) groups excluding carboxylic acids is 1. The Bertz CT molecular complexity index is 444. The van der Waals surface area contributed by atoms with Gasteiger partial charge in [-0.25, -0.2) is 0 Å². The third-order valence-electron chi connectivity index (χ3n) is 3.79. The molecule has 1 aromatic heterocycles. The molecule has 0 bridgehead atoms. The Morgan fingerprint density at radius 2 is 2.37 bits per heavy atom. The molecule has 1 amide bonds. The summed E-state index contributed by atoms with van der Waals surface area (Å²) in [5, 5.41) is 22.8. The Kier molecular flexibility index (Phi) is 4.55. The topological polar surface area (TPSA) is 90.0 Å². The lowest BCUT2D eigenvalue weighted by molar-refractivity contribution is 0.0845. The van der Waals surface area contributed by atoms with Crippen LogP contribution in [-0.2, 0) is 13.0 Å². The second-order valence-electron chi connectivity index (χ2n) is 5.12. The number of carbonyl (C=O) groups is 1. The minimum absolute atomic E-state index is 0.176. The van der Waals surface area contributed by atoms with Gasteiger partial charge in [0.1, 0.15) is 0 Å². The highest BCUT2D eigenvalue weighted by molar-refractivity contribution is 5.94. The highest BCUT2D eigenvalue weighted by atomic mass is 16.3. The van der Waals surface area contributed by atoms with Crippen molar-refractivity contribution in [1.82, 2.24) is 20.8 Å². The summed E-state index contributed by atoms with van der Waals surface area (Å²) in [6.07, 6.45) is 1.24. The second-order valence-corrected chi connectivity index (χ2v) is 5.12. The van der Waals surface area contributed by atoms with E-state index in [1.807, 2.05) is 13.8 Å². The quantitative estimate of drug-likeness (QED) is 0.612. The monoisotopic (exact) mass is 266 g/mol. The first-order chi connectivity index (χ1) is 9.13. The lowest BCUT2D eigenvalue weighted by Gasteiger charge is -2.17. The van der Waals surface area contributed by atoms with Crippen molar-refractivity contribution in [2.45, 2.75) is 39.3 Å². The maximum absolute atomic E-state index is 12.1. The zero-order valence-corrected chi connectivity index (χ0v) is 11.5. The van der Waals surface area contributed by atoms with Gasteiger partial charge in [0.05, 0.1) is 6.10 Å². The van der Waals surface area contributed by atoms with Crippen molar-refractivity contribution in [3.05, 3.63) is 17.0 Å². The summed E-state index contributed by atoms with van der Waals surface area (Å²) in [6.45, 7) is 5.83. The largest absolute Gasteiger partial charge is 0.391 e. The van der Waals surface area contributed by atoms with Crippen LogP contribution >= 0.6 is 0 Å². The van der Waals surface area contributed by atoms with Crippen LogP contribution in [0.25, 0.3) is 0 Å². The fourth-order valence-corrected chi connectivity index (χ4v) is 2.17. The molecule has 1 aliphatic rings. The molecule has 1 aromatic rings. The number of aromatic amines is 1. The second kappa shape index (κ2) is 6.16. The SMILES string of the molecule is CCC(C)C(O)CNC(=O)c1n[nH]c2c1CNCC2. The molecule has 4 N–H and O–H groups in total. The van der Waals surface area contributed by atoms with E-state index in [0.29, 0.717) is 12.2 Å². The number of hydrogen-bond acceptors (Lipinski definition) is 4. The third-order valence-corrected chi connectivity index (χ3v) is 3.79. The van der Waals surface area contributed by atoms with Crippen molar-refractivity contribution in [3.8, 4) is 0 Å². The van der Waals surface area contributed by atoms with Crippen molar-refractivity contribution >= 4 is 5.91 Å². The standard InChI is InChI=1S/C13H22N4O2/c1-3-8(2)11(18)7-15-13(19)12-9-6-14-5-4-10(9)16-17-12/h8,11,14,18H,3-7H2,1-2H3,(H,15,19)(H,16,17).